The number of benzene rings is 3. The molecule has 6 aromatic rings. The molecule has 0 spiro atoms. The predicted octanol–water partition coefficient (Wildman–Crippen LogP) is 9.87. The molecule has 186 valence electrons. The summed E-state index contributed by atoms with van der Waals surface area (Å²) in [6, 6.07) is 23.8. The van der Waals surface area contributed by atoms with Gasteiger partial charge in [0, 0.05) is 29.0 Å². The first-order chi connectivity index (χ1) is 17.7. The summed E-state index contributed by atoms with van der Waals surface area (Å²) < 4.78 is 12.2. The van der Waals surface area contributed by atoms with E-state index >= 15 is 0 Å². The molecule has 0 bridgehead atoms. The summed E-state index contributed by atoms with van der Waals surface area (Å²) in [6.45, 7) is 13.4. The number of hydrogen-bond donors (Lipinski definition) is 0. The van der Waals surface area contributed by atoms with Gasteiger partial charge in [-0.15, -0.1) is 0 Å². The Balaban J connectivity index is 1.55. The molecule has 0 amide bonds. The van der Waals surface area contributed by atoms with Crippen molar-refractivity contribution < 1.29 is 8.83 Å². The Kier molecular flexibility index (Phi) is 5.49. The van der Waals surface area contributed by atoms with Crippen LogP contribution >= 0.6 is 0 Å². The van der Waals surface area contributed by atoms with Crippen LogP contribution in [0.1, 0.15) is 51.5 Å². The van der Waals surface area contributed by atoms with Gasteiger partial charge < -0.3 is 8.83 Å². The second-order valence-electron chi connectivity index (χ2n) is 11.6. The molecule has 3 heterocycles. The van der Waals surface area contributed by atoms with Crippen molar-refractivity contribution in [3.63, 3.8) is 0 Å². The minimum absolute atomic E-state index is 0.00965. The number of nitrogens with zero attached hydrogens (tertiary/aromatic N) is 1. The summed E-state index contributed by atoms with van der Waals surface area (Å²) in [6.07, 6.45) is 2.67. The summed E-state index contributed by atoms with van der Waals surface area (Å²) in [5.74, 6) is 1.62. The van der Waals surface area contributed by atoms with Gasteiger partial charge in [-0.2, -0.15) is 0 Å². The number of rotatable bonds is 4. The molecule has 0 radical (unpaired) electrons. The molecule has 0 saturated carbocycles. The first kappa shape index (κ1) is 23.5. The van der Waals surface area contributed by atoms with Crippen LogP contribution in [0.3, 0.4) is 0 Å². The van der Waals surface area contributed by atoms with E-state index in [-0.39, 0.29) is 5.41 Å². The molecule has 0 atom stereocenters. The van der Waals surface area contributed by atoms with Crippen molar-refractivity contribution in [1.82, 2.24) is 4.98 Å². The summed E-state index contributed by atoms with van der Waals surface area (Å²) in [4.78, 5) is 5.03. The van der Waals surface area contributed by atoms with E-state index in [0.29, 0.717) is 5.92 Å². The van der Waals surface area contributed by atoms with Crippen molar-refractivity contribution in [3.05, 3.63) is 89.9 Å². The van der Waals surface area contributed by atoms with Crippen LogP contribution < -0.4 is 0 Å². The summed E-state index contributed by atoms with van der Waals surface area (Å²) in [5, 5.41) is 3.68. The van der Waals surface area contributed by atoms with Gasteiger partial charge in [0.1, 0.15) is 16.9 Å². The lowest BCUT2D eigenvalue weighted by Gasteiger charge is -2.23. The van der Waals surface area contributed by atoms with E-state index in [2.05, 4.69) is 102 Å². The lowest BCUT2D eigenvalue weighted by atomic mass is 9.82. The number of furan rings is 2. The molecule has 0 saturated heterocycles. The third kappa shape index (κ3) is 4.13. The zero-order valence-corrected chi connectivity index (χ0v) is 22.5. The Labute approximate surface area is 218 Å². The van der Waals surface area contributed by atoms with Gasteiger partial charge in [0.25, 0.3) is 0 Å². The van der Waals surface area contributed by atoms with E-state index in [1.54, 1.807) is 6.26 Å². The third-order valence-electron chi connectivity index (χ3n) is 7.32. The van der Waals surface area contributed by atoms with Crippen LogP contribution in [0.15, 0.2) is 81.8 Å². The number of fused-ring (bicyclic) bond motifs is 3. The van der Waals surface area contributed by atoms with E-state index < -0.39 is 0 Å². The van der Waals surface area contributed by atoms with Gasteiger partial charge in [0.15, 0.2) is 5.58 Å². The largest absolute Gasteiger partial charge is 0.462 e. The first-order valence-electron chi connectivity index (χ1n) is 13.1. The van der Waals surface area contributed by atoms with Crippen LogP contribution in [0.2, 0.25) is 0 Å². The fourth-order valence-electron chi connectivity index (χ4n) is 5.40. The quantitative estimate of drug-likeness (QED) is 0.248. The van der Waals surface area contributed by atoms with E-state index in [0.717, 1.165) is 56.6 Å². The highest BCUT2D eigenvalue weighted by Crippen LogP contribution is 2.39. The van der Waals surface area contributed by atoms with Gasteiger partial charge in [0.2, 0.25) is 0 Å². The molecule has 0 aliphatic rings. The second-order valence-corrected chi connectivity index (χ2v) is 11.6. The SMILES string of the molecule is Cc1c(CC(C)C)oc2ccc(-c3cc(-c4cc(C(C)(C)C)c5ccccc5c4)nc4ccoc34)cc12. The molecule has 3 heteroatoms. The van der Waals surface area contributed by atoms with E-state index in [4.69, 9.17) is 13.8 Å². The summed E-state index contributed by atoms with van der Waals surface area (Å²) in [5.41, 5.74) is 9.38. The number of aromatic nitrogens is 1. The van der Waals surface area contributed by atoms with Crippen molar-refractivity contribution in [2.75, 3.05) is 0 Å². The molecule has 37 heavy (non-hydrogen) atoms. The molecule has 3 aromatic carbocycles. The average molecular weight is 488 g/mol. The number of hydrogen-bond acceptors (Lipinski definition) is 3. The predicted molar refractivity (Wildman–Crippen MR) is 154 cm³/mol. The number of aryl methyl sites for hydroxylation is 1. The molecule has 0 unspecified atom stereocenters. The smallest absolute Gasteiger partial charge is 0.160 e. The maximum atomic E-state index is 6.22. The van der Waals surface area contributed by atoms with Crippen LogP contribution in [-0.4, -0.2) is 4.98 Å². The Morgan fingerprint density at radius 2 is 1.68 bits per heavy atom. The molecule has 0 fully saturated rings. The Morgan fingerprint density at radius 3 is 2.46 bits per heavy atom. The summed E-state index contributed by atoms with van der Waals surface area (Å²) >= 11 is 0. The van der Waals surface area contributed by atoms with E-state index in [1.807, 2.05) is 6.07 Å². The van der Waals surface area contributed by atoms with Crippen LogP contribution in [0, 0.1) is 12.8 Å². The maximum absolute atomic E-state index is 6.22. The monoisotopic (exact) mass is 487 g/mol. The van der Waals surface area contributed by atoms with Gasteiger partial charge in [-0.25, -0.2) is 4.98 Å². The standard InChI is InChI=1S/C34H33NO2/c1-20(2)15-32-21(3)26-17-23(11-12-31(26)37-32)27-19-30(35-29-13-14-36-33(27)29)24-16-22-9-7-8-10-25(22)28(18-24)34(4,5)6/h7-14,16-20H,15H2,1-6H3. The minimum Gasteiger partial charge on any atom is -0.462 e. The average Bonchev–Trinajstić information content (AvgIpc) is 3.46. The zero-order valence-electron chi connectivity index (χ0n) is 22.5. The lowest BCUT2D eigenvalue weighted by molar-refractivity contribution is 0.496. The third-order valence-corrected chi connectivity index (χ3v) is 7.32. The highest BCUT2D eigenvalue weighted by Gasteiger charge is 2.20. The van der Waals surface area contributed by atoms with E-state index in [9.17, 15) is 0 Å². The molecular weight excluding hydrogens is 454 g/mol. The minimum atomic E-state index is 0.00965. The Morgan fingerprint density at radius 1 is 0.865 bits per heavy atom. The fourth-order valence-corrected chi connectivity index (χ4v) is 5.40. The van der Waals surface area contributed by atoms with Crippen LogP contribution in [-0.2, 0) is 11.8 Å². The topological polar surface area (TPSA) is 39.2 Å². The fraction of sp³-hybridized carbons (Fsp3) is 0.265. The maximum Gasteiger partial charge on any atom is 0.160 e. The molecule has 6 rings (SSSR count). The van der Waals surface area contributed by atoms with E-state index in [1.165, 1.54) is 21.9 Å². The van der Waals surface area contributed by atoms with Crippen LogP contribution in [0.4, 0.5) is 0 Å². The number of pyridine rings is 1. The van der Waals surface area contributed by atoms with Gasteiger partial charge in [-0.05, 0) is 76.1 Å². The van der Waals surface area contributed by atoms with Crippen molar-refractivity contribution in [2.45, 2.75) is 53.4 Å². The van der Waals surface area contributed by atoms with Gasteiger partial charge in [-0.1, -0.05) is 65.0 Å². The van der Waals surface area contributed by atoms with Crippen molar-refractivity contribution in [1.29, 1.82) is 0 Å². The van der Waals surface area contributed by atoms with Gasteiger partial charge >= 0.3 is 0 Å². The highest BCUT2D eigenvalue weighted by atomic mass is 16.3. The second kappa shape index (κ2) is 8.62. The van der Waals surface area contributed by atoms with Crippen LogP contribution in [0.5, 0.6) is 0 Å². The van der Waals surface area contributed by atoms with Crippen molar-refractivity contribution >= 4 is 32.8 Å². The molecular formula is C34H33NO2. The Bertz CT molecular complexity index is 1780. The summed E-state index contributed by atoms with van der Waals surface area (Å²) in [7, 11) is 0. The van der Waals surface area contributed by atoms with Crippen LogP contribution in [0.25, 0.3) is 55.2 Å². The van der Waals surface area contributed by atoms with Crippen molar-refractivity contribution in [2.24, 2.45) is 5.92 Å². The van der Waals surface area contributed by atoms with Crippen molar-refractivity contribution in [3.8, 4) is 22.4 Å². The zero-order chi connectivity index (χ0) is 25.9. The molecule has 3 nitrogen and oxygen atoms in total. The normalized spacial score (nSPS) is 12.4. The van der Waals surface area contributed by atoms with Gasteiger partial charge in [-0.3, -0.25) is 0 Å². The molecule has 0 aliphatic carbocycles. The highest BCUT2D eigenvalue weighted by molar-refractivity contribution is 5.97. The first-order valence-corrected chi connectivity index (χ1v) is 13.1. The molecule has 0 aliphatic heterocycles. The van der Waals surface area contributed by atoms with Gasteiger partial charge in [0.05, 0.1) is 12.0 Å². The Hall–Kier alpha value is -3.85. The molecule has 3 aromatic heterocycles. The molecule has 0 N–H and O–H groups in total. The lowest BCUT2D eigenvalue weighted by Crippen LogP contribution is -2.12.